The zero-order valence-corrected chi connectivity index (χ0v) is 12.3. The lowest BCUT2D eigenvalue weighted by molar-refractivity contribution is -0.116. The highest BCUT2D eigenvalue weighted by atomic mass is 16.5. The van der Waals surface area contributed by atoms with Gasteiger partial charge in [-0.25, -0.2) is 0 Å². The maximum atomic E-state index is 12.3. The Balaban J connectivity index is 1.81. The minimum atomic E-state index is -0.287. The Kier molecular flexibility index (Phi) is 3.54. The van der Waals surface area contributed by atoms with Crippen molar-refractivity contribution in [3.63, 3.8) is 0 Å². The summed E-state index contributed by atoms with van der Waals surface area (Å²) in [5, 5.41) is 9.69. The van der Waals surface area contributed by atoms with Crippen molar-refractivity contribution in [1.29, 1.82) is 0 Å². The number of carbonyl (C=O) groups is 2. The van der Waals surface area contributed by atoms with Crippen LogP contribution in [0, 0.1) is 0 Å². The van der Waals surface area contributed by atoms with Gasteiger partial charge in [0, 0.05) is 31.0 Å². The predicted molar refractivity (Wildman–Crippen MR) is 81.1 cm³/mol. The molecule has 2 aromatic rings. The van der Waals surface area contributed by atoms with E-state index in [1.807, 2.05) is 6.07 Å². The summed E-state index contributed by atoms with van der Waals surface area (Å²) in [6.07, 6.45) is 2.73. The van der Waals surface area contributed by atoms with Crippen molar-refractivity contribution in [3.05, 3.63) is 35.5 Å². The fourth-order valence-corrected chi connectivity index (χ4v) is 2.43. The van der Waals surface area contributed by atoms with Crippen molar-refractivity contribution < 1.29 is 14.3 Å². The van der Waals surface area contributed by atoms with Crippen LogP contribution >= 0.6 is 0 Å². The third-order valence-corrected chi connectivity index (χ3v) is 3.49. The van der Waals surface area contributed by atoms with Crippen molar-refractivity contribution in [3.8, 4) is 5.88 Å². The average Bonchev–Trinajstić information content (AvgIpc) is 2.88. The predicted octanol–water partition coefficient (Wildman–Crippen LogP) is 1.57. The van der Waals surface area contributed by atoms with Gasteiger partial charge in [-0.15, -0.1) is 5.10 Å². The molecule has 1 aromatic heterocycles. The van der Waals surface area contributed by atoms with Crippen LogP contribution < -0.4 is 15.4 Å². The molecule has 0 unspecified atom stereocenters. The van der Waals surface area contributed by atoms with E-state index in [1.165, 1.54) is 11.8 Å². The second-order valence-electron chi connectivity index (χ2n) is 5.10. The summed E-state index contributed by atoms with van der Waals surface area (Å²) < 4.78 is 6.61. The summed E-state index contributed by atoms with van der Waals surface area (Å²) in [5.41, 5.74) is 2.85. The molecule has 114 valence electrons. The summed E-state index contributed by atoms with van der Waals surface area (Å²) in [5.74, 6) is 0.0133. The molecule has 1 aliphatic heterocycles. The number of amides is 2. The van der Waals surface area contributed by atoms with Gasteiger partial charge in [-0.2, -0.15) is 0 Å². The van der Waals surface area contributed by atoms with Gasteiger partial charge in [0.05, 0.1) is 7.11 Å². The van der Waals surface area contributed by atoms with Crippen LogP contribution in [-0.4, -0.2) is 28.7 Å². The van der Waals surface area contributed by atoms with Crippen molar-refractivity contribution in [1.82, 2.24) is 9.78 Å². The molecule has 0 spiro atoms. The number of nitrogens with one attached hydrogen (secondary N) is 2. The van der Waals surface area contributed by atoms with Crippen LogP contribution in [0.15, 0.2) is 24.4 Å². The summed E-state index contributed by atoms with van der Waals surface area (Å²) in [6.45, 7) is 0. The number of ether oxygens (including phenoxy) is 1. The summed E-state index contributed by atoms with van der Waals surface area (Å²) in [6, 6.07) is 5.42. The molecule has 1 aliphatic rings. The second-order valence-corrected chi connectivity index (χ2v) is 5.10. The number of anilines is 2. The molecule has 2 heterocycles. The number of hydrogen-bond acceptors (Lipinski definition) is 4. The Bertz CT molecular complexity index is 751. The van der Waals surface area contributed by atoms with Crippen molar-refractivity contribution >= 4 is 23.2 Å². The van der Waals surface area contributed by atoms with E-state index >= 15 is 0 Å². The molecule has 7 heteroatoms. The van der Waals surface area contributed by atoms with E-state index < -0.39 is 0 Å². The van der Waals surface area contributed by atoms with Gasteiger partial charge in [0.15, 0.2) is 0 Å². The summed E-state index contributed by atoms with van der Waals surface area (Å²) >= 11 is 0. The first kappa shape index (κ1) is 14.1. The molecule has 0 atom stereocenters. The lowest BCUT2D eigenvalue weighted by Crippen LogP contribution is -2.19. The Labute approximate surface area is 127 Å². The summed E-state index contributed by atoms with van der Waals surface area (Å²) in [7, 11) is 3.20. The highest BCUT2D eigenvalue weighted by Gasteiger charge is 2.18. The Hall–Kier alpha value is -2.83. The lowest BCUT2D eigenvalue weighted by Gasteiger charge is -2.17. The van der Waals surface area contributed by atoms with Gasteiger partial charge in [-0.1, -0.05) is 0 Å². The minimum absolute atomic E-state index is 0.0179. The van der Waals surface area contributed by atoms with Crippen LogP contribution in [0.1, 0.15) is 22.3 Å². The number of rotatable bonds is 3. The van der Waals surface area contributed by atoms with Gasteiger partial charge >= 0.3 is 0 Å². The number of aryl methyl sites for hydroxylation is 2. The maximum Gasteiger partial charge on any atom is 0.262 e. The van der Waals surface area contributed by atoms with Crippen LogP contribution in [0.3, 0.4) is 0 Å². The van der Waals surface area contributed by atoms with Crippen LogP contribution in [0.4, 0.5) is 11.4 Å². The Morgan fingerprint density at radius 1 is 1.41 bits per heavy atom. The van der Waals surface area contributed by atoms with E-state index in [-0.39, 0.29) is 17.7 Å². The van der Waals surface area contributed by atoms with E-state index in [2.05, 4.69) is 15.7 Å². The van der Waals surface area contributed by atoms with Crippen LogP contribution in [0.5, 0.6) is 5.88 Å². The normalized spacial score (nSPS) is 13.3. The van der Waals surface area contributed by atoms with Gasteiger partial charge in [0.25, 0.3) is 5.91 Å². The number of nitrogens with zero attached hydrogens (tertiary/aromatic N) is 2. The smallest absolute Gasteiger partial charge is 0.262 e. The van der Waals surface area contributed by atoms with Gasteiger partial charge in [-0.3, -0.25) is 14.3 Å². The van der Waals surface area contributed by atoms with E-state index in [0.29, 0.717) is 24.1 Å². The number of hydrogen-bond donors (Lipinski definition) is 2. The number of aromatic nitrogens is 2. The molecule has 0 bridgehead atoms. The minimum Gasteiger partial charge on any atom is -0.479 e. The van der Waals surface area contributed by atoms with E-state index in [4.69, 9.17) is 4.74 Å². The lowest BCUT2D eigenvalue weighted by atomic mass is 10.0. The van der Waals surface area contributed by atoms with Gasteiger partial charge in [0.2, 0.25) is 11.8 Å². The molecule has 3 rings (SSSR count). The molecule has 0 aliphatic carbocycles. The topological polar surface area (TPSA) is 85.2 Å². The van der Waals surface area contributed by atoms with Gasteiger partial charge in [0.1, 0.15) is 5.56 Å². The number of methoxy groups -OCH3 is 1. The van der Waals surface area contributed by atoms with E-state index in [0.717, 1.165) is 11.3 Å². The molecular weight excluding hydrogens is 284 g/mol. The van der Waals surface area contributed by atoms with Crippen molar-refractivity contribution in [2.75, 3.05) is 17.7 Å². The molecular formula is C15H16N4O3. The maximum absolute atomic E-state index is 12.3. The molecule has 22 heavy (non-hydrogen) atoms. The SMILES string of the molecule is COc1nn(C)cc1C(=O)Nc1ccc2c(c1)CCC(=O)N2. The van der Waals surface area contributed by atoms with Crippen LogP contribution in [-0.2, 0) is 18.3 Å². The molecule has 1 aromatic carbocycles. The first-order valence-electron chi connectivity index (χ1n) is 6.88. The van der Waals surface area contributed by atoms with Crippen LogP contribution in [0.2, 0.25) is 0 Å². The monoisotopic (exact) mass is 300 g/mol. The molecule has 0 fully saturated rings. The highest BCUT2D eigenvalue weighted by Crippen LogP contribution is 2.26. The molecule has 0 saturated carbocycles. The molecule has 7 nitrogen and oxygen atoms in total. The Morgan fingerprint density at radius 2 is 2.23 bits per heavy atom. The van der Waals surface area contributed by atoms with Crippen LogP contribution in [0.25, 0.3) is 0 Å². The quantitative estimate of drug-likeness (QED) is 0.901. The molecule has 2 amide bonds. The Morgan fingerprint density at radius 3 is 3.00 bits per heavy atom. The first-order chi connectivity index (χ1) is 10.6. The second kappa shape index (κ2) is 5.51. The third kappa shape index (κ3) is 2.65. The van der Waals surface area contributed by atoms with Crippen molar-refractivity contribution in [2.45, 2.75) is 12.8 Å². The van der Waals surface area contributed by atoms with Gasteiger partial charge in [-0.05, 0) is 30.2 Å². The largest absolute Gasteiger partial charge is 0.479 e. The first-order valence-corrected chi connectivity index (χ1v) is 6.88. The standard InChI is InChI=1S/C15H16N4O3/c1-19-8-11(15(18-19)22-2)14(21)16-10-4-5-12-9(7-10)3-6-13(20)17-12/h4-5,7-8H,3,6H2,1-2H3,(H,16,21)(H,17,20). The fraction of sp³-hybridized carbons (Fsp3) is 0.267. The fourth-order valence-electron chi connectivity index (χ4n) is 2.43. The van der Waals surface area contributed by atoms with E-state index in [1.54, 1.807) is 25.4 Å². The molecule has 2 N–H and O–H groups in total. The number of benzene rings is 1. The molecule has 0 saturated heterocycles. The zero-order valence-electron chi connectivity index (χ0n) is 12.3. The summed E-state index contributed by atoms with van der Waals surface area (Å²) in [4.78, 5) is 23.7. The number of carbonyl (C=O) groups excluding carboxylic acids is 2. The average molecular weight is 300 g/mol. The zero-order chi connectivity index (χ0) is 15.7. The van der Waals surface area contributed by atoms with E-state index in [9.17, 15) is 9.59 Å². The highest BCUT2D eigenvalue weighted by molar-refractivity contribution is 6.06. The van der Waals surface area contributed by atoms with Gasteiger partial charge < -0.3 is 15.4 Å². The third-order valence-electron chi connectivity index (χ3n) is 3.49. The molecule has 0 radical (unpaired) electrons. The number of fused-ring (bicyclic) bond motifs is 1. The van der Waals surface area contributed by atoms with Crippen molar-refractivity contribution in [2.24, 2.45) is 7.05 Å².